The van der Waals surface area contributed by atoms with Crippen LogP contribution in [0.25, 0.3) is 0 Å². The molecule has 0 unspecified atom stereocenters. The van der Waals surface area contributed by atoms with Crippen LogP contribution in [0.3, 0.4) is 0 Å². The molecule has 6 heteroatoms. The van der Waals surface area contributed by atoms with Crippen molar-refractivity contribution in [1.29, 1.82) is 0 Å². The minimum Gasteiger partial charge on any atom is -0.493 e. The van der Waals surface area contributed by atoms with E-state index >= 15 is 0 Å². The van der Waals surface area contributed by atoms with E-state index in [2.05, 4.69) is 10.3 Å². The number of benzene rings is 2. The number of methoxy groups -OCH3 is 2. The summed E-state index contributed by atoms with van der Waals surface area (Å²) in [7, 11) is 3.11. The molecular weight excluding hydrogens is 344 g/mol. The molecule has 1 heterocycles. The Kier molecular flexibility index (Phi) is 5.89. The first-order valence-corrected chi connectivity index (χ1v) is 8.35. The van der Waals surface area contributed by atoms with Crippen molar-refractivity contribution in [3.05, 3.63) is 78.1 Å². The van der Waals surface area contributed by atoms with Crippen LogP contribution in [0.1, 0.15) is 15.9 Å². The van der Waals surface area contributed by atoms with Crippen molar-refractivity contribution in [2.75, 3.05) is 19.5 Å². The zero-order valence-corrected chi connectivity index (χ0v) is 15.1. The van der Waals surface area contributed by atoms with E-state index in [0.717, 1.165) is 5.56 Å². The number of aromatic nitrogens is 1. The number of hydrogen-bond acceptors (Lipinski definition) is 5. The molecule has 0 aliphatic heterocycles. The third kappa shape index (κ3) is 4.76. The molecule has 6 nitrogen and oxygen atoms in total. The third-order valence-electron chi connectivity index (χ3n) is 3.87. The maximum absolute atomic E-state index is 12.5. The van der Waals surface area contributed by atoms with Crippen LogP contribution in [0, 0.1) is 0 Å². The summed E-state index contributed by atoms with van der Waals surface area (Å²) in [6.45, 7) is 0.384. The first-order chi connectivity index (χ1) is 13.2. The van der Waals surface area contributed by atoms with E-state index in [9.17, 15) is 4.79 Å². The van der Waals surface area contributed by atoms with Gasteiger partial charge in [0.05, 0.1) is 14.2 Å². The fourth-order valence-electron chi connectivity index (χ4n) is 2.49. The second-order valence-electron chi connectivity index (χ2n) is 5.70. The second kappa shape index (κ2) is 8.71. The highest BCUT2D eigenvalue weighted by atomic mass is 16.5. The lowest BCUT2D eigenvalue weighted by molar-refractivity contribution is 0.102. The van der Waals surface area contributed by atoms with Crippen LogP contribution >= 0.6 is 0 Å². The van der Waals surface area contributed by atoms with Crippen LogP contribution in [-0.2, 0) is 6.61 Å². The quantitative estimate of drug-likeness (QED) is 0.688. The second-order valence-corrected chi connectivity index (χ2v) is 5.70. The molecule has 0 aliphatic rings. The lowest BCUT2D eigenvalue weighted by atomic mass is 10.2. The third-order valence-corrected chi connectivity index (χ3v) is 3.87. The van der Waals surface area contributed by atoms with Gasteiger partial charge in [0.25, 0.3) is 5.91 Å². The van der Waals surface area contributed by atoms with E-state index in [0.29, 0.717) is 35.1 Å². The lowest BCUT2D eigenvalue weighted by Crippen LogP contribution is -2.12. The van der Waals surface area contributed by atoms with Crippen molar-refractivity contribution >= 4 is 11.6 Å². The van der Waals surface area contributed by atoms with Gasteiger partial charge in [0, 0.05) is 35.3 Å². The normalized spacial score (nSPS) is 10.1. The SMILES string of the molecule is COc1ccc(NC(=O)c2cccc(OCc3cccnc3)c2)cc1OC. The highest BCUT2D eigenvalue weighted by Gasteiger charge is 2.10. The summed E-state index contributed by atoms with van der Waals surface area (Å²) in [5, 5.41) is 2.85. The molecule has 0 radical (unpaired) electrons. The van der Waals surface area contributed by atoms with E-state index in [4.69, 9.17) is 14.2 Å². The molecule has 0 saturated heterocycles. The van der Waals surface area contributed by atoms with Gasteiger partial charge in [-0.3, -0.25) is 9.78 Å². The molecule has 27 heavy (non-hydrogen) atoms. The molecule has 0 spiro atoms. The Morgan fingerprint density at radius 2 is 1.85 bits per heavy atom. The van der Waals surface area contributed by atoms with Crippen molar-refractivity contribution in [2.24, 2.45) is 0 Å². The van der Waals surface area contributed by atoms with Gasteiger partial charge in [0.15, 0.2) is 11.5 Å². The predicted octanol–water partition coefficient (Wildman–Crippen LogP) is 3.93. The van der Waals surface area contributed by atoms with Gasteiger partial charge in [-0.25, -0.2) is 0 Å². The van der Waals surface area contributed by atoms with Gasteiger partial charge in [0.1, 0.15) is 12.4 Å². The topological polar surface area (TPSA) is 69.7 Å². The summed E-state index contributed by atoms with van der Waals surface area (Å²) in [6, 6.07) is 16.0. The highest BCUT2D eigenvalue weighted by Crippen LogP contribution is 2.30. The number of hydrogen-bond donors (Lipinski definition) is 1. The average Bonchev–Trinajstić information content (AvgIpc) is 2.73. The molecule has 1 aromatic heterocycles. The molecule has 2 aromatic carbocycles. The van der Waals surface area contributed by atoms with E-state index in [1.807, 2.05) is 18.2 Å². The van der Waals surface area contributed by atoms with Gasteiger partial charge >= 0.3 is 0 Å². The summed E-state index contributed by atoms with van der Waals surface area (Å²) in [5.41, 5.74) is 2.06. The summed E-state index contributed by atoms with van der Waals surface area (Å²) in [4.78, 5) is 16.6. The Bertz CT molecular complexity index is 913. The Balaban J connectivity index is 1.68. The van der Waals surface area contributed by atoms with Gasteiger partial charge in [-0.1, -0.05) is 12.1 Å². The summed E-state index contributed by atoms with van der Waals surface area (Å²) in [5.74, 6) is 1.51. The molecule has 0 atom stereocenters. The smallest absolute Gasteiger partial charge is 0.255 e. The zero-order chi connectivity index (χ0) is 19.1. The van der Waals surface area contributed by atoms with E-state index in [1.165, 1.54) is 0 Å². The van der Waals surface area contributed by atoms with Crippen LogP contribution in [0.4, 0.5) is 5.69 Å². The van der Waals surface area contributed by atoms with Gasteiger partial charge in [-0.2, -0.15) is 0 Å². The number of carbonyl (C=O) groups is 1. The van der Waals surface area contributed by atoms with Crippen LogP contribution in [0.5, 0.6) is 17.2 Å². The number of nitrogens with zero attached hydrogens (tertiary/aromatic N) is 1. The van der Waals surface area contributed by atoms with Crippen molar-refractivity contribution < 1.29 is 19.0 Å². The van der Waals surface area contributed by atoms with Crippen molar-refractivity contribution in [1.82, 2.24) is 4.98 Å². The number of amides is 1. The maximum Gasteiger partial charge on any atom is 0.255 e. The summed E-state index contributed by atoms with van der Waals surface area (Å²) in [6.07, 6.45) is 3.45. The summed E-state index contributed by atoms with van der Waals surface area (Å²) < 4.78 is 16.2. The van der Waals surface area contributed by atoms with Crippen LogP contribution < -0.4 is 19.5 Å². The van der Waals surface area contributed by atoms with Gasteiger partial charge in [-0.05, 0) is 36.4 Å². The molecule has 3 aromatic rings. The Morgan fingerprint density at radius 3 is 2.59 bits per heavy atom. The maximum atomic E-state index is 12.5. The average molecular weight is 364 g/mol. The first-order valence-electron chi connectivity index (χ1n) is 8.35. The number of ether oxygens (including phenoxy) is 3. The molecular formula is C21H20N2O4. The first kappa shape index (κ1) is 18.3. The zero-order valence-electron chi connectivity index (χ0n) is 15.1. The number of pyridine rings is 1. The Morgan fingerprint density at radius 1 is 1.00 bits per heavy atom. The Hall–Kier alpha value is -3.54. The van der Waals surface area contributed by atoms with Gasteiger partial charge in [-0.15, -0.1) is 0 Å². The van der Waals surface area contributed by atoms with E-state index in [1.54, 1.807) is 63.0 Å². The standard InChI is InChI=1S/C21H20N2O4/c1-25-19-9-8-17(12-20(19)26-2)23-21(24)16-6-3-7-18(11-16)27-14-15-5-4-10-22-13-15/h3-13H,14H2,1-2H3,(H,23,24). The Labute approximate surface area is 157 Å². The minimum atomic E-state index is -0.242. The van der Waals surface area contributed by atoms with Crippen molar-refractivity contribution in [3.63, 3.8) is 0 Å². The van der Waals surface area contributed by atoms with Gasteiger partial charge < -0.3 is 19.5 Å². The fourth-order valence-corrected chi connectivity index (χ4v) is 2.49. The number of nitrogens with one attached hydrogen (secondary N) is 1. The molecule has 1 amide bonds. The lowest BCUT2D eigenvalue weighted by Gasteiger charge is -2.11. The molecule has 1 N–H and O–H groups in total. The van der Waals surface area contributed by atoms with Crippen LogP contribution in [-0.4, -0.2) is 25.1 Å². The molecule has 3 rings (SSSR count). The monoisotopic (exact) mass is 364 g/mol. The molecule has 0 aliphatic carbocycles. The fraction of sp³-hybridized carbons (Fsp3) is 0.143. The predicted molar refractivity (Wildman–Crippen MR) is 103 cm³/mol. The van der Waals surface area contributed by atoms with Crippen LogP contribution in [0.15, 0.2) is 67.0 Å². The molecule has 0 saturated carbocycles. The number of anilines is 1. The van der Waals surface area contributed by atoms with Crippen molar-refractivity contribution in [3.8, 4) is 17.2 Å². The van der Waals surface area contributed by atoms with Crippen molar-refractivity contribution in [2.45, 2.75) is 6.61 Å². The molecule has 138 valence electrons. The number of rotatable bonds is 7. The molecule has 0 bridgehead atoms. The largest absolute Gasteiger partial charge is 0.493 e. The number of carbonyl (C=O) groups excluding carboxylic acids is 1. The van der Waals surface area contributed by atoms with Crippen LogP contribution in [0.2, 0.25) is 0 Å². The molecule has 0 fully saturated rings. The highest BCUT2D eigenvalue weighted by molar-refractivity contribution is 6.04. The minimum absolute atomic E-state index is 0.242. The van der Waals surface area contributed by atoms with E-state index < -0.39 is 0 Å². The van der Waals surface area contributed by atoms with E-state index in [-0.39, 0.29) is 5.91 Å². The summed E-state index contributed by atoms with van der Waals surface area (Å²) >= 11 is 0. The van der Waals surface area contributed by atoms with Gasteiger partial charge in [0.2, 0.25) is 0 Å².